The molecule has 0 aliphatic carbocycles. The van der Waals surface area contributed by atoms with Gasteiger partial charge in [-0.1, -0.05) is 6.07 Å². The number of hydrogen-bond acceptors (Lipinski definition) is 9. The number of carbonyl (C=O) groups excluding carboxylic acids is 1. The van der Waals surface area contributed by atoms with Crippen LogP contribution in [0.3, 0.4) is 0 Å². The van der Waals surface area contributed by atoms with Gasteiger partial charge in [-0.2, -0.15) is 4.98 Å². The number of allylic oxidation sites excluding steroid dienone is 1. The maximum absolute atomic E-state index is 13.5. The lowest BCUT2D eigenvalue weighted by Crippen LogP contribution is -2.48. The van der Waals surface area contributed by atoms with Gasteiger partial charge in [-0.05, 0) is 32.0 Å². The van der Waals surface area contributed by atoms with Crippen LogP contribution < -0.4 is 20.7 Å². The van der Waals surface area contributed by atoms with Crippen molar-refractivity contribution < 1.29 is 14.6 Å². The summed E-state index contributed by atoms with van der Waals surface area (Å²) in [6.07, 6.45) is 3.73. The van der Waals surface area contributed by atoms with Gasteiger partial charge in [0.15, 0.2) is 0 Å². The van der Waals surface area contributed by atoms with Crippen LogP contribution in [-0.2, 0) is 6.42 Å². The van der Waals surface area contributed by atoms with Gasteiger partial charge >= 0.3 is 0 Å². The van der Waals surface area contributed by atoms with Gasteiger partial charge in [0.25, 0.3) is 5.91 Å². The van der Waals surface area contributed by atoms with E-state index in [9.17, 15) is 9.90 Å². The zero-order valence-corrected chi connectivity index (χ0v) is 20.5. The Balaban J connectivity index is 1.63. The molecular weight excluding hydrogens is 446 g/mol. The molecule has 0 unspecified atom stereocenters. The number of ether oxygens (including phenoxy) is 1. The Bertz CT molecular complexity index is 1140. The topological polar surface area (TPSA) is 129 Å². The van der Waals surface area contributed by atoms with Gasteiger partial charge in [0.2, 0.25) is 5.88 Å². The Kier molecular flexibility index (Phi) is 7.32. The number of rotatable bonds is 7. The average Bonchev–Trinajstić information content (AvgIpc) is 3.15. The average molecular weight is 480 g/mol. The lowest BCUT2D eigenvalue weighted by molar-refractivity contribution is 0.102. The molecule has 0 aromatic carbocycles. The number of hydrogen-bond donors (Lipinski definition) is 3. The van der Waals surface area contributed by atoms with Crippen LogP contribution in [0.5, 0.6) is 5.88 Å². The summed E-state index contributed by atoms with van der Waals surface area (Å²) in [7, 11) is 1.66. The Morgan fingerprint density at radius 3 is 2.74 bits per heavy atom. The third-order valence-electron chi connectivity index (χ3n) is 6.10. The minimum absolute atomic E-state index is 0.130. The molecule has 0 radical (unpaired) electrons. The maximum Gasteiger partial charge on any atom is 0.260 e. The number of aliphatic hydroxyl groups is 1. The van der Waals surface area contributed by atoms with Gasteiger partial charge in [-0.3, -0.25) is 14.7 Å². The standard InChI is InChI=1S/C25H33N7O3/c1-25(2)14-17-13-19(22(30-24(17)35-25)32-9-7-31(8-10-32)11-12-33)23(34)29-21-6-4-5-20(28-21)18(15-26)16-27-3/h4-6,13,15-16,33H,7-12,14,26H2,1-3H3,(H,28,29,34)/b18-15+,27-16?. The van der Waals surface area contributed by atoms with Crippen molar-refractivity contribution in [1.29, 1.82) is 0 Å². The largest absolute Gasteiger partial charge is 0.471 e. The number of aliphatic hydroxyl groups excluding tert-OH is 1. The Hall–Kier alpha value is -3.50. The smallest absolute Gasteiger partial charge is 0.260 e. The van der Waals surface area contributed by atoms with E-state index >= 15 is 0 Å². The lowest BCUT2D eigenvalue weighted by atomic mass is 10.0. The molecule has 0 bridgehead atoms. The number of amides is 1. The number of nitrogens with two attached hydrogens (primary N) is 1. The first-order valence-corrected chi connectivity index (χ1v) is 11.8. The number of nitrogens with zero attached hydrogens (tertiary/aromatic N) is 5. The molecule has 2 aliphatic rings. The molecule has 0 spiro atoms. The fourth-order valence-electron chi connectivity index (χ4n) is 4.42. The molecule has 1 amide bonds. The monoisotopic (exact) mass is 479 g/mol. The second-order valence-electron chi connectivity index (χ2n) is 9.29. The Morgan fingerprint density at radius 2 is 2.06 bits per heavy atom. The second-order valence-corrected chi connectivity index (χ2v) is 9.29. The molecule has 2 aromatic rings. The first-order chi connectivity index (χ1) is 16.8. The summed E-state index contributed by atoms with van der Waals surface area (Å²) in [5.74, 6) is 1.30. The van der Waals surface area contributed by atoms with Crippen molar-refractivity contribution in [2.75, 3.05) is 56.6 Å². The van der Waals surface area contributed by atoms with Crippen molar-refractivity contribution in [3.8, 4) is 5.88 Å². The molecule has 10 heteroatoms. The van der Waals surface area contributed by atoms with Crippen molar-refractivity contribution >= 4 is 29.3 Å². The van der Waals surface area contributed by atoms with E-state index in [1.54, 1.807) is 19.3 Å². The van der Waals surface area contributed by atoms with E-state index in [-0.39, 0.29) is 18.1 Å². The molecule has 2 aromatic heterocycles. The van der Waals surface area contributed by atoms with Crippen LogP contribution >= 0.6 is 0 Å². The van der Waals surface area contributed by atoms with Crippen LogP contribution in [0.25, 0.3) is 5.57 Å². The van der Waals surface area contributed by atoms with Gasteiger partial charge in [-0.15, -0.1) is 0 Å². The highest BCUT2D eigenvalue weighted by Crippen LogP contribution is 2.37. The SMILES string of the molecule is CN=C/C(=C\N)c1cccc(NC(=O)c2cc3c(nc2N2CCN(CCO)CC2)OC(C)(C)C3)n1. The van der Waals surface area contributed by atoms with E-state index in [2.05, 4.69) is 25.1 Å². The van der Waals surface area contributed by atoms with Crippen molar-refractivity contribution in [3.63, 3.8) is 0 Å². The first-order valence-electron chi connectivity index (χ1n) is 11.8. The van der Waals surface area contributed by atoms with Crippen LogP contribution in [0.2, 0.25) is 0 Å². The quantitative estimate of drug-likeness (QED) is 0.510. The summed E-state index contributed by atoms with van der Waals surface area (Å²) in [4.78, 5) is 31.2. The number of aliphatic imine (C=N–C) groups is 1. The zero-order chi connectivity index (χ0) is 25.0. The van der Waals surface area contributed by atoms with Crippen molar-refractivity contribution in [3.05, 3.63) is 47.3 Å². The summed E-state index contributed by atoms with van der Waals surface area (Å²) in [5, 5.41) is 12.2. The van der Waals surface area contributed by atoms with Crippen LogP contribution in [0.4, 0.5) is 11.6 Å². The molecule has 4 N–H and O–H groups in total. The number of piperazine rings is 1. The number of aromatic nitrogens is 2. The van der Waals surface area contributed by atoms with E-state index in [1.165, 1.54) is 6.20 Å². The van der Waals surface area contributed by atoms with Crippen LogP contribution in [0, 0.1) is 0 Å². The Labute approximate surface area is 205 Å². The molecule has 4 heterocycles. The summed E-state index contributed by atoms with van der Waals surface area (Å²) >= 11 is 0. The number of fused-ring (bicyclic) bond motifs is 1. The van der Waals surface area contributed by atoms with E-state index in [0.29, 0.717) is 60.4 Å². The molecule has 1 fully saturated rings. The third kappa shape index (κ3) is 5.60. The van der Waals surface area contributed by atoms with Crippen molar-refractivity contribution in [1.82, 2.24) is 14.9 Å². The molecule has 0 atom stereocenters. The van der Waals surface area contributed by atoms with E-state index in [0.717, 1.165) is 18.7 Å². The highest BCUT2D eigenvalue weighted by molar-refractivity contribution is 6.10. The highest BCUT2D eigenvalue weighted by atomic mass is 16.5. The zero-order valence-electron chi connectivity index (χ0n) is 20.5. The predicted octanol–water partition coefficient (Wildman–Crippen LogP) is 1.56. The number of β-amino-alcohol motifs (C(OH)–C–C–N with tert-alkyl or cyclic N) is 1. The molecule has 186 valence electrons. The van der Waals surface area contributed by atoms with Gasteiger partial charge in [0.1, 0.15) is 17.2 Å². The molecular formula is C25H33N7O3. The minimum atomic E-state index is -0.372. The van der Waals surface area contributed by atoms with Crippen LogP contribution in [0.15, 0.2) is 35.5 Å². The third-order valence-corrected chi connectivity index (χ3v) is 6.10. The minimum Gasteiger partial charge on any atom is -0.471 e. The number of carbonyl (C=O) groups is 1. The normalized spacial score (nSPS) is 17.9. The predicted molar refractivity (Wildman–Crippen MR) is 137 cm³/mol. The van der Waals surface area contributed by atoms with E-state index in [1.807, 2.05) is 32.0 Å². The van der Waals surface area contributed by atoms with Crippen LogP contribution in [0.1, 0.15) is 35.5 Å². The molecule has 2 aliphatic heterocycles. The fraction of sp³-hybridized carbons (Fsp3) is 0.440. The first kappa shape index (κ1) is 24.6. The molecule has 0 saturated carbocycles. The van der Waals surface area contributed by atoms with Crippen molar-refractivity contribution in [2.24, 2.45) is 10.7 Å². The molecule has 10 nitrogen and oxygen atoms in total. The number of nitrogens with one attached hydrogen (secondary N) is 1. The van der Waals surface area contributed by atoms with Crippen LogP contribution in [-0.4, -0.2) is 84.1 Å². The van der Waals surface area contributed by atoms with Gasteiger partial charge in [0.05, 0.1) is 17.9 Å². The fourth-order valence-corrected chi connectivity index (χ4v) is 4.42. The number of pyridine rings is 2. The van der Waals surface area contributed by atoms with Crippen molar-refractivity contribution in [2.45, 2.75) is 25.9 Å². The van der Waals surface area contributed by atoms with Gasteiger partial charge < -0.3 is 25.8 Å². The van der Waals surface area contributed by atoms with E-state index < -0.39 is 0 Å². The highest BCUT2D eigenvalue weighted by Gasteiger charge is 2.34. The number of anilines is 2. The molecule has 1 saturated heterocycles. The molecule has 4 rings (SSSR count). The summed E-state index contributed by atoms with van der Waals surface area (Å²) < 4.78 is 6.06. The van der Waals surface area contributed by atoms with Gasteiger partial charge in [0, 0.05) is 69.7 Å². The second kappa shape index (κ2) is 10.4. The summed E-state index contributed by atoms with van der Waals surface area (Å²) in [6, 6.07) is 7.24. The van der Waals surface area contributed by atoms with E-state index in [4.69, 9.17) is 15.5 Å². The van der Waals surface area contributed by atoms with Gasteiger partial charge in [-0.25, -0.2) is 4.98 Å². The Morgan fingerprint density at radius 1 is 1.29 bits per heavy atom. The molecule has 35 heavy (non-hydrogen) atoms. The summed E-state index contributed by atoms with van der Waals surface area (Å²) in [5.41, 5.74) is 8.01. The maximum atomic E-state index is 13.5. The lowest BCUT2D eigenvalue weighted by Gasteiger charge is -2.35. The summed E-state index contributed by atoms with van der Waals surface area (Å²) in [6.45, 7) is 7.76.